The van der Waals surface area contributed by atoms with Crippen LogP contribution in [0.3, 0.4) is 0 Å². The fourth-order valence-electron chi connectivity index (χ4n) is 0.836. The zero-order valence-electron chi connectivity index (χ0n) is 7.39. The largest absolute Gasteiger partial charge is 0.417 e. The number of hydrogen-bond acceptors (Lipinski definition) is 4. The summed E-state index contributed by atoms with van der Waals surface area (Å²) in [5, 5.41) is 8.03. The highest BCUT2D eigenvalue weighted by molar-refractivity contribution is 7.88. The first-order valence-corrected chi connectivity index (χ1v) is 5.11. The molecular formula is C8H8N2O3S. The molecule has 0 radical (unpaired) electrons. The smallest absolute Gasteiger partial charge is 0.286 e. The lowest BCUT2D eigenvalue weighted by Gasteiger charge is -2.03. The van der Waals surface area contributed by atoms with Crippen molar-refractivity contribution in [3.05, 3.63) is 29.8 Å². The van der Waals surface area contributed by atoms with Gasteiger partial charge in [0.25, 0.3) is 0 Å². The Labute approximate surface area is 82.2 Å². The summed E-state index contributed by atoms with van der Waals surface area (Å²) in [5.74, 6) is 0. The molecule has 0 atom stereocenters. The number of aryl methyl sites for hydroxylation is 1. The Hall–Kier alpha value is -1.74. The predicted molar refractivity (Wildman–Crippen MR) is 50.4 cm³/mol. The second-order valence-electron chi connectivity index (χ2n) is 2.60. The van der Waals surface area contributed by atoms with Gasteiger partial charge in [0.05, 0.1) is 5.69 Å². The monoisotopic (exact) mass is 212 g/mol. The zero-order valence-corrected chi connectivity index (χ0v) is 8.21. The lowest BCUT2D eigenvalue weighted by Crippen LogP contribution is -2.13. The molecule has 1 aromatic rings. The molecule has 0 aliphatic carbocycles. The van der Waals surface area contributed by atoms with Crippen LogP contribution >= 0.6 is 0 Å². The van der Waals surface area contributed by atoms with Crippen LogP contribution in [0, 0.1) is 18.4 Å². The lowest BCUT2D eigenvalue weighted by atomic mass is 10.2. The van der Waals surface area contributed by atoms with E-state index in [2.05, 4.69) is 8.91 Å². The average Bonchev–Trinajstić information content (AvgIpc) is 2.08. The Bertz CT molecular complexity index is 444. The van der Waals surface area contributed by atoms with Gasteiger partial charge in [-0.05, 0) is 19.1 Å². The quantitative estimate of drug-likeness (QED) is 0.762. The molecule has 0 saturated heterocycles. The van der Waals surface area contributed by atoms with E-state index in [1.54, 1.807) is 24.3 Å². The molecule has 1 rings (SSSR count). The third-order valence-electron chi connectivity index (χ3n) is 1.44. The van der Waals surface area contributed by atoms with E-state index in [0.29, 0.717) is 5.69 Å². The molecule has 0 bridgehead atoms. The van der Waals surface area contributed by atoms with E-state index < -0.39 is 10.3 Å². The number of rotatable bonds is 3. The van der Waals surface area contributed by atoms with Gasteiger partial charge in [-0.25, -0.2) is 0 Å². The normalized spacial score (nSPS) is 10.3. The van der Waals surface area contributed by atoms with Gasteiger partial charge in [0, 0.05) is 0 Å². The summed E-state index contributed by atoms with van der Waals surface area (Å²) < 4.78 is 27.8. The zero-order chi connectivity index (χ0) is 10.6. The molecule has 6 heteroatoms. The Balaban J connectivity index is 2.80. The van der Waals surface area contributed by atoms with E-state index in [-0.39, 0.29) is 0 Å². The predicted octanol–water partition coefficient (Wildman–Crippen LogP) is 1.15. The summed E-state index contributed by atoms with van der Waals surface area (Å²) in [6, 6.07) is 6.63. The Kier molecular flexibility index (Phi) is 2.94. The molecule has 0 spiro atoms. The Morgan fingerprint density at radius 3 is 2.43 bits per heavy atom. The second kappa shape index (κ2) is 3.98. The third kappa shape index (κ3) is 2.95. The number of benzene rings is 1. The van der Waals surface area contributed by atoms with Crippen molar-refractivity contribution >= 4 is 16.0 Å². The summed E-state index contributed by atoms with van der Waals surface area (Å²) in [6.45, 7) is 1.88. The molecule has 0 saturated carbocycles. The standard InChI is InChI=1S/C8H8N2O3S/c1-7-2-4-8(5-3-7)10-14(11,12)13-6-9/h2-5,10H,1H3. The molecule has 0 heterocycles. The van der Waals surface area contributed by atoms with Crippen LogP contribution in [0.1, 0.15) is 5.56 Å². The topological polar surface area (TPSA) is 79.2 Å². The third-order valence-corrected chi connectivity index (χ3v) is 2.22. The maximum atomic E-state index is 10.9. The van der Waals surface area contributed by atoms with Crippen molar-refractivity contribution in [1.29, 1.82) is 5.26 Å². The average molecular weight is 212 g/mol. The van der Waals surface area contributed by atoms with E-state index in [1.807, 2.05) is 6.92 Å². The van der Waals surface area contributed by atoms with Crippen molar-refractivity contribution in [1.82, 2.24) is 0 Å². The van der Waals surface area contributed by atoms with Crippen LogP contribution in [0.2, 0.25) is 0 Å². The second-order valence-corrected chi connectivity index (χ2v) is 3.88. The maximum Gasteiger partial charge on any atom is 0.417 e. The van der Waals surface area contributed by atoms with Crippen molar-refractivity contribution in [3.8, 4) is 6.26 Å². The van der Waals surface area contributed by atoms with Gasteiger partial charge in [0.1, 0.15) is 0 Å². The first-order chi connectivity index (χ1) is 6.53. The first-order valence-electron chi connectivity index (χ1n) is 3.70. The highest BCUT2D eigenvalue weighted by atomic mass is 32.2. The minimum absolute atomic E-state index is 0.353. The van der Waals surface area contributed by atoms with Gasteiger partial charge >= 0.3 is 16.6 Å². The van der Waals surface area contributed by atoms with Gasteiger partial charge in [-0.15, -0.1) is 5.26 Å². The number of nitrogens with zero attached hydrogens (tertiary/aromatic N) is 1. The van der Waals surface area contributed by atoms with Gasteiger partial charge in [0.2, 0.25) is 0 Å². The summed E-state index contributed by atoms with van der Waals surface area (Å²) in [4.78, 5) is 0. The van der Waals surface area contributed by atoms with Crippen molar-refractivity contribution in [2.45, 2.75) is 6.92 Å². The van der Waals surface area contributed by atoms with E-state index in [9.17, 15) is 8.42 Å². The van der Waals surface area contributed by atoms with Crippen molar-refractivity contribution in [2.75, 3.05) is 4.72 Å². The van der Waals surface area contributed by atoms with Gasteiger partial charge in [0.15, 0.2) is 0 Å². The van der Waals surface area contributed by atoms with Crippen molar-refractivity contribution < 1.29 is 12.6 Å². The molecule has 5 nitrogen and oxygen atoms in total. The molecule has 0 aliphatic rings. The molecular weight excluding hydrogens is 204 g/mol. The maximum absolute atomic E-state index is 10.9. The van der Waals surface area contributed by atoms with Gasteiger partial charge in [-0.2, -0.15) is 8.42 Å². The lowest BCUT2D eigenvalue weighted by molar-refractivity contribution is 0.465. The molecule has 0 aromatic heterocycles. The number of hydrogen-bond donors (Lipinski definition) is 1. The van der Waals surface area contributed by atoms with E-state index in [4.69, 9.17) is 5.26 Å². The van der Waals surface area contributed by atoms with E-state index in [0.717, 1.165) is 11.8 Å². The van der Waals surface area contributed by atoms with Crippen molar-refractivity contribution in [3.63, 3.8) is 0 Å². The highest BCUT2D eigenvalue weighted by Gasteiger charge is 2.09. The Morgan fingerprint density at radius 1 is 1.36 bits per heavy atom. The number of nitriles is 1. The molecule has 0 amide bonds. The molecule has 1 aromatic carbocycles. The number of nitrogens with one attached hydrogen (secondary N) is 1. The summed E-state index contributed by atoms with van der Waals surface area (Å²) in [5.41, 5.74) is 1.36. The van der Waals surface area contributed by atoms with Crippen molar-refractivity contribution in [2.24, 2.45) is 0 Å². The highest BCUT2D eigenvalue weighted by Crippen LogP contribution is 2.10. The molecule has 0 fully saturated rings. The summed E-state index contributed by atoms with van der Waals surface area (Å²) in [7, 11) is -4.01. The van der Waals surface area contributed by atoms with Crippen LogP contribution in [-0.2, 0) is 14.5 Å². The van der Waals surface area contributed by atoms with E-state index >= 15 is 0 Å². The first kappa shape index (κ1) is 10.3. The summed E-state index contributed by atoms with van der Waals surface area (Å²) in [6.07, 6.45) is 1.09. The molecule has 0 unspecified atom stereocenters. The van der Waals surface area contributed by atoms with Gasteiger partial charge in [-0.3, -0.25) is 8.91 Å². The number of anilines is 1. The fourth-order valence-corrected chi connectivity index (χ4v) is 1.40. The minimum Gasteiger partial charge on any atom is -0.286 e. The Morgan fingerprint density at radius 2 is 1.93 bits per heavy atom. The van der Waals surface area contributed by atoms with Crippen LogP contribution < -0.4 is 4.72 Å². The minimum atomic E-state index is -4.01. The SMILES string of the molecule is Cc1ccc(NS(=O)(=O)OC#N)cc1. The van der Waals surface area contributed by atoms with Crippen LogP contribution in [0.5, 0.6) is 0 Å². The molecule has 1 N–H and O–H groups in total. The van der Waals surface area contributed by atoms with Crippen LogP contribution in [0.15, 0.2) is 24.3 Å². The van der Waals surface area contributed by atoms with Crippen LogP contribution in [0.25, 0.3) is 0 Å². The van der Waals surface area contributed by atoms with Crippen LogP contribution in [-0.4, -0.2) is 8.42 Å². The molecule has 74 valence electrons. The van der Waals surface area contributed by atoms with Gasteiger partial charge < -0.3 is 0 Å². The fraction of sp³-hybridized carbons (Fsp3) is 0.125. The van der Waals surface area contributed by atoms with Gasteiger partial charge in [-0.1, -0.05) is 17.7 Å². The molecule has 0 aliphatic heterocycles. The van der Waals surface area contributed by atoms with Crippen LogP contribution in [0.4, 0.5) is 5.69 Å². The van der Waals surface area contributed by atoms with E-state index in [1.165, 1.54) is 0 Å². The summed E-state index contributed by atoms with van der Waals surface area (Å²) >= 11 is 0. The molecule has 14 heavy (non-hydrogen) atoms.